The Bertz CT molecular complexity index is 849. The van der Waals surface area contributed by atoms with E-state index in [0.717, 1.165) is 10.5 Å². The summed E-state index contributed by atoms with van der Waals surface area (Å²) in [6, 6.07) is 18.0. The van der Waals surface area contributed by atoms with Gasteiger partial charge in [0, 0.05) is 12.0 Å². The lowest BCUT2D eigenvalue weighted by Crippen LogP contribution is -3.16. The minimum Gasteiger partial charge on any atom is -0.467 e. The Labute approximate surface area is 176 Å². The first-order valence-corrected chi connectivity index (χ1v) is 10.2. The van der Waals surface area contributed by atoms with Crippen LogP contribution in [0.1, 0.15) is 15.9 Å². The molecule has 0 spiro atoms. The molecule has 0 aromatic heterocycles. The molecule has 2 amide bonds. The Morgan fingerprint density at radius 1 is 1.00 bits per heavy atom. The fourth-order valence-electron chi connectivity index (χ4n) is 3.62. The van der Waals surface area contributed by atoms with Gasteiger partial charge in [-0.2, -0.15) is 0 Å². The Balaban J connectivity index is 1.49. The Morgan fingerprint density at radius 3 is 2.20 bits per heavy atom. The van der Waals surface area contributed by atoms with Crippen LogP contribution in [0.25, 0.3) is 0 Å². The number of piperazine rings is 1. The van der Waals surface area contributed by atoms with Gasteiger partial charge in [0.2, 0.25) is 0 Å². The quantitative estimate of drug-likeness (QED) is 0.627. The summed E-state index contributed by atoms with van der Waals surface area (Å²) in [5.41, 5.74) is 1.63. The van der Waals surface area contributed by atoms with Gasteiger partial charge in [-0.25, -0.2) is 4.79 Å². The van der Waals surface area contributed by atoms with E-state index in [9.17, 15) is 14.4 Å². The smallest absolute Gasteiger partial charge is 0.328 e. The van der Waals surface area contributed by atoms with Crippen LogP contribution >= 0.6 is 0 Å². The summed E-state index contributed by atoms with van der Waals surface area (Å²) in [5, 5.41) is 2.81. The van der Waals surface area contributed by atoms with Crippen LogP contribution in [0.15, 0.2) is 60.7 Å². The number of ether oxygens (including phenoxy) is 1. The summed E-state index contributed by atoms with van der Waals surface area (Å²) in [6.07, 6.45) is 0.383. The molecule has 0 radical (unpaired) electrons. The maximum atomic E-state index is 12.5. The first-order chi connectivity index (χ1) is 14.6. The molecule has 30 heavy (non-hydrogen) atoms. The molecule has 7 heteroatoms. The molecule has 0 bridgehead atoms. The molecule has 3 rings (SSSR count). The van der Waals surface area contributed by atoms with Gasteiger partial charge in [-0.3, -0.25) is 9.59 Å². The summed E-state index contributed by atoms with van der Waals surface area (Å²) in [7, 11) is 1.32. The molecule has 1 fully saturated rings. The second-order valence-corrected chi connectivity index (χ2v) is 7.42. The zero-order valence-corrected chi connectivity index (χ0v) is 17.2. The van der Waals surface area contributed by atoms with E-state index in [2.05, 4.69) is 5.32 Å². The van der Waals surface area contributed by atoms with Crippen molar-refractivity contribution in [3.05, 3.63) is 71.8 Å². The minimum absolute atomic E-state index is 0.0210. The van der Waals surface area contributed by atoms with Gasteiger partial charge in [0.25, 0.3) is 11.8 Å². The number of benzene rings is 2. The van der Waals surface area contributed by atoms with Crippen LogP contribution < -0.4 is 10.2 Å². The average Bonchev–Trinajstić information content (AvgIpc) is 2.79. The molecule has 158 valence electrons. The van der Waals surface area contributed by atoms with Crippen LogP contribution in [0.3, 0.4) is 0 Å². The van der Waals surface area contributed by atoms with Gasteiger partial charge in [-0.15, -0.1) is 0 Å². The van der Waals surface area contributed by atoms with Crippen LogP contribution in [-0.4, -0.2) is 68.6 Å². The molecule has 2 N–H and O–H groups in total. The first kappa shape index (κ1) is 21.5. The van der Waals surface area contributed by atoms with Crippen molar-refractivity contribution in [2.45, 2.75) is 12.5 Å². The molecule has 1 aliphatic heterocycles. The average molecular weight is 410 g/mol. The molecule has 7 nitrogen and oxygen atoms in total. The van der Waals surface area contributed by atoms with Crippen molar-refractivity contribution in [3.63, 3.8) is 0 Å². The van der Waals surface area contributed by atoms with Crippen LogP contribution in [0.4, 0.5) is 0 Å². The number of hydrogen-bond acceptors (Lipinski definition) is 4. The van der Waals surface area contributed by atoms with Gasteiger partial charge in [0.15, 0.2) is 6.54 Å². The molecule has 0 saturated carbocycles. The van der Waals surface area contributed by atoms with Crippen molar-refractivity contribution >= 4 is 17.8 Å². The number of amides is 2. The van der Waals surface area contributed by atoms with Crippen molar-refractivity contribution in [1.29, 1.82) is 0 Å². The molecule has 2 aromatic rings. The lowest BCUT2D eigenvalue weighted by Gasteiger charge is -2.32. The molecular weight excluding hydrogens is 382 g/mol. The van der Waals surface area contributed by atoms with Crippen LogP contribution in [0, 0.1) is 0 Å². The largest absolute Gasteiger partial charge is 0.467 e. The first-order valence-electron chi connectivity index (χ1n) is 10.2. The van der Waals surface area contributed by atoms with E-state index in [1.807, 2.05) is 65.6 Å². The number of esters is 1. The van der Waals surface area contributed by atoms with Crippen molar-refractivity contribution in [2.24, 2.45) is 0 Å². The predicted octanol–water partition coefficient (Wildman–Crippen LogP) is -0.0722. The number of nitrogens with one attached hydrogen (secondary N) is 2. The fourth-order valence-corrected chi connectivity index (χ4v) is 3.62. The van der Waals surface area contributed by atoms with Crippen molar-refractivity contribution in [1.82, 2.24) is 10.2 Å². The third-order valence-electron chi connectivity index (χ3n) is 5.29. The Morgan fingerprint density at radius 2 is 1.60 bits per heavy atom. The minimum atomic E-state index is -0.717. The highest BCUT2D eigenvalue weighted by Crippen LogP contribution is 2.06. The second-order valence-electron chi connectivity index (χ2n) is 7.42. The third-order valence-corrected chi connectivity index (χ3v) is 5.29. The maximum absolute atomic E-state index is 12.5. The van der Waals surface area contributed by atoms with Gasteiger partial charge in [0.1, 0.15) is 6.04 Å². The number of methoxy groups -OCH3 is 1. The zero-order valence-electron chi connectivity index (χ0n) is 17.2. The summed E-state index contributed by atoms with van der Waals surface area (Å²) < 4.78 is 4.85. The van der Waals surface area contributed by atoms with Crippen LogP contribution in [-0.2, 0) is 20.7 Å². The number of quaternary nitrogens is 1. The normalized spacial score (nSPS) is 15.3. The molecular formula is C23H28N3O4+. The Kier molecular flexibility index (Phi) is 7.57. The van der Waals surface area contributed by atoms with E-state index in [-0.39, 0.29) is 18.4 Å². The molecule has 1 aliphatic rings. The van der Waals surface area contributed by atoms with Gasteiger partial charge >= 0.3 is 5.97 Å². The molecule has 1 saturated heterocycles. The maximum Gasteiger partial charge on any atom is 0.328 e. The SMILES string of the molecule is COC(=O)[C@@H](Cc1ccccc1)NC(=O)C[NH+]1CCN(C(=O)c2ccccc2)CC1. The monoisotopic (exact) mass is 410 g/mol. The fraction of sp³-hybridized carbons (Fsp3) is 0.348. The standard InChI is InChI=1S/C23H27N3O4/c1-30-23(29)20(16-18-8-4-2-5-9-18)24-21(27)17-25-12-14-26(15-13-25)22(28)19-10-6-3-7-11-19/h2-11,20H,12-17H2,1H3,(H,24,27)/p+1/t20-/m1/s1. The van der Waals surface area contributed by atoms with Gasteiger partial charge in [-0.05, 0) is 17.7 Å². The molecule has 0 aliphatic carbocycles. The van der Waals surface area contributed by atoms with Gasteiger partial charge < -0.3 is 19.9 Å². The van der Waals surface area contributed by atoms with E-state index in [1.165, 1.54) is 7.11 Å². The predicted molar refractivity (Wildman–Crippen MR) is 112 cm³/mol. The third kappa shape index (κ3) is 5.90. The molecule has 1 heterocycles. The van der Waals surface area contributed by atoms with Gasteiger partial charge in [-0.1, -0.05) is 48.5 Å². The summed E-state index contributed by atoms with van der Waals surface area (Å²) >= 11 is 0. The van der Waals surface area contributed by atoms with E-state index < -0.39 is 12.0 Å². The van der Waals surface area contributed by atoms with Crippen molar-refractivity contribution in [2.75, 3.05) is 39.8 Å². The van der Waals surface area contributed by atoms with Gasteiger partial charge in [0.05, 0.1) is 33.3 Å². The summed E-state index contributed by atoms with van der Waals surface area (Å²) in [4.78, 5) is 40.1. The van der Waals surface area contributed by atoms with E-state index in [4.69, 9.17) is 4.74 Å². The number of nitrogens with zero attached hydrogens (tertiary/aromatic N) is 1. The summed E-state index contributed by atoms with van der Waals surface area (Å²) in [5.74, 6) is -0.632. The highest BCUT2D eigenvalue weighted by atomic mass is 16.5. The molecule has 0 unspecified atom stereocenters. The van der Waals surface area contributed by atoms with Crippen LogP contribution in [0.2, 0.25) is 0 Å². The number of rotatable bonds is 7. The van der Waals surface area contributed by atoms with Crippen LogP contribution in [0.5, 0.6) is 0 Å². The summed E-state index contributed by atoms with van der Waals surface area (Å²) in [6.45, 7) is 2.83. The van der Waals surface area contributed by atoms with E-state index in [1.54, 1.807) is 0 Å². The van der Waals surface area contributed by atoms with Crippen molar-refractivity contribution in [3.8, 4) is 0 Å². The zero-order chi connectivity index (χ0) is 21.3. The lowest BCUT2D eigenvalue weighted by atomic mass is 10.1. The van der Waals surface area contributed by atoms with E-state index >= 15 is 0 Å². The Hall–Kier alpha value is -3.19. The lowest BCUT2D eigenvalue weighted by molar-refractivity contribution is -0.896. The van der Waals surface area contributed by atoms with E-state index in [0.29, 0.717) is 38.2 Å². The molecule has 2 aromatic carbocycles. The number of carbonyl (C=O) groups is 3. The second kappa shape index (κ2) is 10.5. The van der Waals surface area contributed by atoms with Crippen molar-refractivity contribution < 1.29 is 24.0 Å². The number of carbonyl (C=O) groups excluding carboxylic acids is 3. The highest BCUT2D eigenvalue weighted by Gasteiger charge is 2.28. The molecule has 1 atom stereocenters. The topological polar surface area (TPSA) is 80.2 Å². The highest BCUT2D eigenvalue weighted by molar-refractivity contribution is 5.94. The number of hydrogen-bond donors (Lipinski definition) is 2.